The number of phenols is 1. The van der Waals surface area contributed by atoms with E-state index in [1.165, 1.54) is 24.3 Å². The van der Waals surface area contributed by atoms with Gasteiger partial charge in [0.1, 0.15) is 11.6 Å². The smallest absolute Gasteiger partial charge is 0.330 e. The topological polar surface area (TPSA) is 146 Å². The molecule has 10 nitrogen and oxygen atoms in total. The molecule has 12 heteroatoms. The number of sulfonamides is 1. The molecule has 1 atom stereocenters. The van der Waals surface area contributed by atoms with Gasteiger partial charge in [-0.3, -0.25) is 0 Å². The normalized spacial score (nSPS) is 12.2. The zero-order valence-corrected chi connectivity index (χ0v) is 26.3. The van der Waals surface area contributed by atoms with Crippen molar-refractivity contribution in [1.82, 2.24) is 5.32 Å². The summed E-state index contributed by atoms with van der Waals surface area (Å²) in [6.07, 6.45) is 5.55. The number of anilines is 1. The van der Waals surface area contributed by atoms with Crippen molar-refractivity contribution in [3.8, 4) is 5.75 Å². The van der Waals surface area contributed by atoms with Crippen LogP contribution in [0.1, 0.15) is 68.2 Å². The van der Waals surface area contributed by atoms with Crippen LogP contribution in [0.5, 0.6) is 5.75 Å². The number of aliphatic hydroxyl groups is 2. The Morgan fingerprint density at radius 3 is 2.38 bits per heavy atom. The van der Waals surface area contributed by atoms with Gasteiger partial charge in [-0.2, -0.15) is 8.42 Å². The van der Waals surface area contributed by atoms with Crippen LogP contribution in [0.2, 0.25) is 0 Å². The summed E-state index contributed by atoms with van der Waals surface area (Å²) >= 11 is 0. The monoisotopic (exact) mass is 646 g/mol. The highest BCUT2D eigenvalue weighted by molar-refractivity contribution is 7.92. The van der Waals surface area contributed by atoms with Gasteiger partial charge in [0, 0.05) is 32.2 Å². The van der Waals surface area contributed by atoms with Crippen molar-refractivity contribution in [1.29, 1.82) is 0 Å². The van der Waals surface area contributed by atoms with Gasteiger partial charge in [-0.25, -0.2) is 9.18 Å². The molecule has 3 rings (SSSR count). The van der Waals surface area contributed by atoms with Crippen molar-refractivity contribution < 1.29 is 42.5 Å². The van der Waals surface area contributed by atoms with Gasteiger partial charge in [-0.05, 0) is 98.3 Å². The number of carbonyl (C=O) groups excluding carboxylic acids is 1. The molecule has 4 N–H and O–H groups in total. The van der Waals surface area contributed by atoms with E-state index in [4.69, 9.17) is 9.57 Å². The summed E-state index contributed by atoms with van der Waals surface area (Å²) in [5.74, 6) is -1.36. The van der Waals surface area contributed by atoms with Gasteiger partial charge in [0.25, 0.3) is 10.0 Å². The van der Waals surface area contributed by atoms with Crippen molar-refractivity contribution >= 4 is 21.7 Å². The lowest BCUT2D eigenvalue weighted by molar-refractivity contribution is -0.140. The fourth-order valence-corrected chi connectivity index (χ4v) is 5.96. The Labute approximate surface area is 264 Å². The molecule has 0 unspecified atom stereocenters. The van der Waals surface area contributed by atoms with Gasteiger partial charge in [0.05, 0.1) is 23.3 Å². The van der Waals surface area contributed by atoms with Crippen molar-refractivity contribution in [2.75, 3.05) is 30.8 Å². The number of hydrogen-bond acceptors (Lipinski definition) is 9. The van der Waals surface area contributed by atoms with E-state index >= 15 is 0 Å². The second kappa shape index (κ2) is 18.4. The van der Waals surface area contributed by atoms with E-state index in [2.05, 4.69) is 5.32 Å². The van der Waals surface area contributed by atoms with Crippen molar-refractivity contribution in [2.45, 2.75) is 69.5 Å². The molecule has 0 bridgehead atoms. The number of hydrogen-bond donors (Lipinski definition) is 4. The summed E-state index contributed by atoms with van der Waals surface area (Å²) in [7, 11) is -4.25. The number of nitrogens with zero attached hydrogens (tertiary/aromatic N) is 1. The first-order valence-corrected chi connectivity index (χ1v) is 16.5. The minimum atomic E-state index is -4.25. The Morgan fingerprint density at radius 2 is 1.67 bits per heavy atom. The molecule has 3 aromatic carbocycles. The second-order valence-electron chi connectivity index (χ2n) is 10.7. The number of unbranched alkanes of at least 4 members (excludes halogenated alkanes) is 4. The molecule has 3 aromatic rings. The number of aromatic hydroxyl groups is 1. The highest BCUT2D eigenvalue weighted by atomic mass is 32.2. The van der Waals surface area contributed by atoms with Crippen LogP contribution in [0, 0.1) is 5.82 Å². The highest BCUT2D eigenvalue weighted by Crippen LogP contribution is 2.26. The van der Waals surface area contributed by atoms with E-state index in [0.717, 1.165) is 69.7 Å². The zero-order chi connectivity index (χ0) is 32.7. The maximum absolute atomic E-state index is 13.4. The third-order valence-corrected chi connectivity index (χ3v) is 8.63. The SMILES string of the molecule is CC(=O)ON(c1ccc(F)cc1)S(=O)(=O)c1cccc(CCCCOCCCCCCNC[C@@H](O)c2ccc(O)c(CO)c2)c1. The molecule has 0 saturated heterocycles. The van der Waals surface area contributed by atoms with Gasteiger partial charge >= 0.3 is 5.97 Å². The lowest BCUT2D eigenvalue weighted by Gasteiger charge is -2.22. The van der Waals surface area contributed by atoms with Crippen molar-refractivity contribution in [3.63, 3.8) is 0 Å². The molecule has 0 radical (unpaired) electrons. The molecule has 0 heterocycles. The van der Waals surface area contributed by atoms with Crippen LogP contribution in [0.25, 0.3) is 0 Å². The Kier molecular flexibility index (Phi) is 14.7. The van der Waals surface area contributed by atoms with Gasteiger partial charge < -0.3 is 30.2 Å². The quantitative estimate of drug-likeness (QED) is 0.0993. The fourth-order valence-electron chi connectivity index (χ4n) is 4.62. The maximum Gasteiger partial charge on any atom is 0.330 e. The largest absolute Gasteiger partial charge is 0.508 e. The van der Waals surface area contributed by atoms with Crippen molar-refractivity contribution in [3.05, 3.63) is 89.2 Å². The molecule has 0 aliphatic rings. The average molecular weight is 647 g/mol. The Bertz CT molecular complexity index is 1450. The summed E-state index contributed by atoms with van der Waals surface area (Å²) in [6.45, 7) is 3.26. The van der Waals surface area contributed by atoms with E-state index in [-0.39, 0.29) is 22.9 Å². The molecule has 0 amide bonds. The molecule has 45 heavy (non-hydrogen) atoms. The third kappa shape index (κ3) is 11.7. The molecule has 0 saturated carbocycles. The number of aryl methyl sites for hydroxylation is 1. The summed E-state index contributed by atoms with van der Waals surface area (Å²) < 4.78 is 46.2. The average Bonchev–Trinajstić information content (AvgIpc) is 3.02. The number of aliphatic hydroxyl groups excluding tert-OH is 2. The first-order valence-electron chi connectivity index (χ1n) is 15.1. The molecule has 0 fully saturated rings. The second-order valence-corrected chi connectivity index (χ2v) is 12.4. The molecule has 0 aromatic heterocycles. The van der Waals surface area contributed by atoms with Crippen LogP contribution in [0.15, 0.2) is 71.6 Å². The summed E-state index contributed by atoms with van der Waals surface area (Å²) in [5.41, 5.74) is 1.86. The summed E-state index contributed by atoms with van der Waals surface area (Å²) in [4.78, 5) is 16.6. The first-order chi connectivity index (χ1) is 21.6. The lowest BCUT2D eigenvalue weighted by Crippen LogP contribution is -2.33. The van der Waals surface area contributed by atoms with Gasteiger partial charge in [0.15, 0.2) is 0 Å². The van der Waals surface area contributed by atoms with Gasteiger partial charge in [0.2, 0.25) is 0 Å². The minimum absolute atomic E-state index is 0.00568. The number of ether oxygens (including phenoxy) is 1. The zero-order valence-electron chi connectivity index (χ0n) is 25.5. The number of nitrogens with one attached hydrogen (secondary N) is 1. The molecule has 0 aliphatic heterocycles. The number of rotatable bonds is 20. The third-order valence-electron chi connectivity index (χ3n) is 7.06. The standard InChI is InChI=1S/C33H43FN2O8S/c1-25(38)44-36(30-15-13-29(34)14-16-30)45(41,42)31-11-8-10-26(21-31)9-4-7-20-43-19-6-3-2-5-18-35-23-33(40)27-12-17-32(39)28(22-27)24-37/h8,10-17,21-22,33,35,37,39-40H,2-7,9,18-20,23-24H2,1H3/t33-/m1/s1. The predicted octanol–water partition coefficient (Wildman–Crippen LogP) is 4.92. The number of benzene rings is 3. The maximum atomic E-state index is 13.4. The van der Waals surface area contributed by atoms with E-state index in [0.29, 0.717) is 41.8 Å². The number of halogens is 1. The Hall–Kier alpha value is -3.55. The van der Waals surface area contributed by atoms with E-state index in [1.807, 2.05) is 6.07 Å². The Balaban J connectivity index is 1.29. The van der Waals surface area contributed by atoms with Crippen LogP contribution in [-0.2, 0) is 37.4 Å². The van der Waals surface area contributed by atoms with E-state index in [1.54, 1.807) is 24.3 Å². The van der Waals surface area contributed by atoms with Crippen LogP contribution < -0.4 is 9.79 Å². The lowest BCUT2D eigenvalue weighted by atomic mass is 10.1. The minimum Gasteiger partial charge on any atom is -0.508 e. The molecule has 246 valence electrons. The Morgan fingerprint density at radius 1 is 0.956 bits per heavy atom. The summed E-state index contributed by atoms with van der Waals surface area (Å²) in [5, 5.41) is 32.4. The number of carbonyl (C=O) groups is 1. The van der Waals surface area contributed by atoms with Crippen molar-refractivity contribution in [2.24, 2.45) is 0 Å². The van der Waals surface area contributed by atoms with Gasteiger partial charge in [-0.15, -0.1) is 0 Å². The van der Waals surface area contributed by atoms with E-state index < -0.39 is 27.9 Å². The van der Waals surface area contributed by atoms with Crippen LogP contribution in [0.3, 0.4) is 0 Å². The van der Waals surface area contributed by atoms with Crippen LogP contribution >= 0.6 is 0 Å². The van der Waals surface area contributed by atoms with Crippen LogP contribution in [-0.4, -0.2) is 56.0 Å². The predicted molar refractivity (Wildman–Crippen MR) is 168 cm³/mol. The molecule has 0 aliphatic carbocycles. The van der Waals surface area contributed by atoms with Crippen LogP contribution in [0.4, 0.5) is 10.1 Å². The summed E-state index contributed by atoms with van der Waals surface area (Å²) in [6, 6.07) is 15.8. The first kappa shape index (κ1) is 35.9. The fraction of sp³-hybridized carbons (Fsp3) is 0.424. The molecular weight excluding hydrogens is 603 g/mol. The van der Waals surface area contributed by atoms with E-state index in [9.17, 15) is 32.9 Å². The molecular formula is C33H43FN2O8S. The highest BCUT2D eigenvalue weighted by Gasteiger charge is 2.28. The van der Waals surface area contributed by atoms with Gasteiger partial charge in [-0.1, -0.05) is 35.5 Å². The molecule has 0 spiro atoms.